The Kier molecular flexibility index (Phi) is 3.54. The van der Waals surface area contributed by atoms with Crippen LogP contribution in [-0.2, 0) is 6.54 Å². The van der Waals surface area contributed by atoms with Gasteiger partial charge in [-0.05, 0) is 27.2 Å². The Morgan fingerprint density at radius 2 is 2.41 bits per heavy atom. The highest BCUT2D eigenvalue weighted by atomic mass is 16.5. The van der Waals surface area contributed by atoms with Crippen LogP contribution >= 0.6 is 0 Å². The van der Waals surface area contributed by atoms with Crippen molar-refractivity contribution in [3.05, 3.63) is 17.5 Å². The predicted molar refractivity (Wildman–Crippen MR) is 67.8 cm³/mol. The van der Waals surface area contributed by atoms with Gasteiger partial charge in [-0.2, -0.15) is 0 Å². The van der Waals surface area contributed by atoms with Gasteiger partial charge < -0.3 is 9.84 Å². The highest BCUT2D eigenvalue weighted by Gasteiger charge is 2.32. The molecular weight excluding hydrogens is 214 g/mol. The van der Waals surface area contributed by atoms with E-state index in [4.69, 9.17) is 4.52 Å². The third kappa shape index (κ3) is 2.87. The van der Waals surface area contributed by atoms with Crippen molar-refractivity contribution in [2.24, 2.45) is 0 Å². The minimum atomic E-state index is 0.227. The summed E-state index contributed by atoms with van der Waals surface area (Å²) in [5.41, 5.74) is 1.26. The minimum absolute atomic E-state index is 0.227. The summed E-state index contributed by atoms with van der Waals surface area (Å²) in [6, 6.07) is 2.57. The molecular formula is C13H23N3O. The average Bonchev–Trinajstić information content (AvgIpc) is 2.70. The Morgan fingerprint density at radius 1 is 1.65 bits per heavy atom. The standard InChI is InChI=1S/C13H23N3O/c1-5-13(4)9-16(10(2)7-14-13)8-12-6-11(3)17-15-12/h6,10,14H,5,7-9H2,1-4H3. The molecule has 4 heteroatoms. The molecule has 0 spiro atoms. The SMILES string of the molecule is CCC1(C)CN(Cc2cc(C)on2)C(C)CN1. The fourth-order valence-corrected chi connectivity index (χ4v) is 2.33. The molecule has 0 aromatic carbocycles. The van der Waals surface area contributed by atoms with E-state index in [-0.39, 0.29) is 5.54 Å². The monoisotopic (exact) mass is 237 g/mol. The van der Waals surface area contributed by atoms with Crippen molar-refractivity contribution >= 4 is 0 Å². The van der Waals surface area contributed by atoms with Gasteiger partial charge in [-0.1, -0.05) is 12.1 Å². The summed E-state index contributed by atoms with van der Waals surface area (Å²) in [5, 5.41) is 7.71. The number of aromatic nitrogens is 1. The van der Waals surface area contributed by atoms with Gasteiger partial charge in [0.1, 0.15) is 5.76 Å². The number of hydrogen-bond acceptors (Lipinski definition) is 4. The maximum absolute atomic E-state index is 5.13. The first-order valence-electron chi connectivity index (χ1n) is 6.44. The molecule has 0 aliphatic carbocycles. The van der Waals surface area contributed by atoms with Crippen LogP contribution < -0.4 is 5.32 Å². The minimum Gasteiger partial charge on any atom is -0.361 e. The molecule has 1 fully saturated rings. The van der Waals surface area contributed by atoms with E-state index in [2.05, 4.69) is 36.1 Å². The van der Waals surface area contributed by atoms with Gasteiger partial charge in [0.05, 0.1) is 5.69 Å². The molecule has 0 amide bonds. The third-order valence-electron chi connectivity index (χ3n) is 3.82. The molecule has 1 aromatic rings. The summed E-state index contributed by atoms with van der Waals surface area (Å²) in [4.78, 5) is 2.48. The zero-order valence-electron chi connectivity index (χ0n) is 11.3. The summed E-state index contributed by atoms with van der Waals surface area (Å²) in [5.74, 6) is 0.890. The quantitative estimate of drug-likeness (QED) is 0.872. The molecule has 1 aliphatic rings. The molecule has 96 valence electrons. The van der Waals surface area contributed by atoms with Gasteiger partial charge >= 0.3 is 0 Å². The van der Waals surface area contributed by atoms with Crippen LogP contribution in [0.5, 0.6) is 0 Å². The van der Waals surface area contributed by atoms with Crippen molar-refractivity contribution < 1.29 is 4.52 Å². The normalized spacial score (nSPS) is 30.7. The van der Waals surface area contributed by atoms with Crippen LogP contribution in [0.15, 0.2) is 10.6 Å². The van der Waals surface area contributed by atoms with Gasteiger partial charge in [-0.15, -0.1) is 0 Å². The largest absolute Gasteiger partial charge is 0.361 e. The van der Waals surface area contributed by atoms with Gasteiger partial charge in [0, 0.05) is 37.3 Å². The number of piperazine rings is 1. The van der Waals surface area contributed by atoms with Crippen molar-refractivity contribution in [3.63, 3.8) is 0 Å². The molecule has 0 radical (unpaired) electrons. The lowest BCUT2D eigenvalue weighted by molar-refractivity contribution is 0.0845. The Labute approximate surface area is 103 Å². The van der Waals surface area contributed by atoms with Gasteiger partial charge in [0.2, 0.25) is 0 Å². The Hall–Kier alpha value is -0.870. The highest BCUT2D eigenvalue weighted by molar-refractivity contribution is 5.05. The highest BCUT2D eigenvalue weighted by Crippen LogP contribution is 2.20. The summed E-state index contributed by atoms with van der Waals surface area (Å²) >= 11 is 0. The van der Waals surface area contributed by atoms with Crippen molar-refractivity contribution in [1.82, 2.24) is 15.4 Å². The van der Waals surface area contributed by atoms with Crippen LogP contribution in [0.25, 0.3) is 0 Å². The fourth-order valence-electron chi connectivity index (χ4n) is 2.33. The Morgan fingerprint density at radius 3 is 3.00 bits per heavy atom. The first-order valence-corrected chi connectivity index (χ1v) is 6.44. The van der Waals surface area contributed by atoms with Crippen LogP contribution in [0.4, 0.5) is 0 Å². The second-order valence-corrected chi connectivity index (χ2v) is 5.48. The number of nitrogens with zero attached hydrogens (tertiary/aromatic N) is 2. The summed E-state index contributed by atoms with van der Waals surface area (Å²) in [6.45, 7) is 11.7. The lowest BCUT2D eigenvalue weighted by atomic mass is 9.94. The van der Waals surface area contributed by atoms with Crippen LogP contribution in [-0.4, -0.2) is 34.7 Å². The molecule has 4 nitrogen and oxygen atoms in total. The molecule has 2 heterocycles. The second kappa shape index (κ2) is 4.78. The molecule has 1 aromatic heterocycles. The molecule has 1 saturated heterocycles. The van der Waals surface area contributed by atoms with Crippen molar-refractivity contribution in [3.8, 4) is 0 Å². The molecule has 2 unspecified atom stereocenters. The first kappa shape index (κ1) is 12.6. The van der Waals surface area contributed by atoms with Crippen LogP contribution in [0, 0.1) is 6.92 Å². The molecule has 2 rings (SSSR count). The Balaban J connectivity index is 2.03. The topological polar surface area (TPSA) is 41.3 Å². The number of aryl methyl sites for hydroxylation is 1. The second-order valence-electron chi connectivity index (χ2n) is 5.48. The zero-order chi connectivity index (χ0) is 12.5. The summed E-state index contributed by atoms with van der Waals surface area (Å²) < 4.78 is 5.13. The number of rotatable bonds is 3. The summed E-state index contributed by atoms with van der Waals surface area (Å²) in [6.07, 6.45) is 1.15. The van der Waals surface area contributed by atoms with Crippen molar-refractivity contribution in [1.29, 1.82) is 0 Å². The van der Waals surface area contributed by atoms with E-state index < -0.39 is 0 Å². The molecule has 17 heavy (non-hydrogen) atoms. The van der Waals surface area contributed by atoms with Gasteiger partial charge in [-0.3, -0.25) is 4.90 Å². The average molecular weight is 237 g/mol. The van der Waals surface area contributed by atoms with Gasteiger partial charge in [0.15, 0.2) is 0 Å². The van der Waals surface area contributed by atoms with Crippen LogP contribution in [0.3, 0.4) is 0 Å². The molecule has 1 aliphatic heterocycles. The first-order chi connectivity index (χ1) is 8.02. The molecule has 0 bridgehead atoms. The van der Waals surface area contributed by atoms with Crippen LogP contribution in [0.1, 0.15) is 38.6 Å². The van der Waals surface area contributed by atoms with Crippen molar-refractivity contribution in [2.75, 3.05) is 13.1 Å². The zero-order valence-corrected chi connectivity index (χ0v) is 11.3. The maximum atomic E-state index is 5.13. The fraction of sp³-hybridized carbons (Fsp3) is 0.769. The predicted octanol–water partition coefficient (Wildman–Crippen LogP) is 1.95. The van der Waals surface area contributed by atoms with Crippen molar-refractivity contribution in [2.45, 2.75) is 52.2 Å². The van der Waals surface area contributed by atoms with E-state index in [9.17, 15) is 0 Å². The maximum Gasteiger partial charge on any atom is 0.133 e. The van der Waals surface area contributed by atoms with E-state index in [1.54, 1.807) is 0 Å². The van der Waals surface area contributed by atoms with Crippen LogP contribution in [0.2, 0.25) is 0 Å². The van der Waals surface area contributed by atoms with Gasteiger partial charge in [0.25, 0.3) is 0 Å². The van der Waals surface area contributed by atoms with E-state index in [1.807, 2.05) is 13.0 Å². The number of nitrogens with one attached hydrogen (secondary N) is 1. The molecule has 1 N–H and O–H groups in total. The lowest BCUT2D eigenvalue weighted by Gasteiger charge is -2.44. The Bertz CT molecular complexity index is 376. The van der Waals surface area contributed by atoms with E-state index in [1.165, 1.54) is 0 Å². The van der Waals surface area contributed by atoms with E-state index >= 15 is 0 Å². The molecule has 0 saturated carbocycles. The summed E-state index contributed by atoms with van der Waals surface area (Å²) in [7, 11) is 0. The smallest absolute Gasteiger partial charge is 0.133 e. The van der Waals surface area contributed by atoms with Gasteiger partial charge in [-0.25, -0.2) is 0 Å². The third-order valence-corrected chi connectivity index (χ3v) is 3.82. The van der Waals surface area contributed by atoms with E-state index in [0.717, 1.165) is 37.5 Å². The molecule has 2 atom stereocenters. The lowest BCUT2D eigenvalue weighted by Crippen LogP contribution is -2.61. The number of hydrogen-bond donors (Lipinski definition) is 1. The van der Waals surface area contributed by atoms with E-state index in [0.29, 0.717) is 6.04 Å².